The molecule has 1 amide bonds. The molecule has 0 heterocycles. The monoisotopic (exact) mass is 406 g/mol. The van der Waals surface area contributed by atoms with Crippen molar-refractivity contribution < 1.29 is 28.8 Å². The molecule has 29 heavy (non-hydrogen) atoms. The van der Waals surface area contributed by atoms with Crippen molar-refractivity contribution in [2.75, 3.05) is 26.8 Å². The Morgan fingerprint density at radius 2 is 1.97 bits per heavy atom. The number of benzene rings is 1. The highest BCUT2D eigenvalue weighted by molar-refractivity contribution is 5.88. The molecule has 0 spiro atoms. The van der Waals surface area contributed by atoms with Crippen LogP contribution < -0.4 is 10.1 Å². The van der Waals surface area contributed by atoms with E-state index in [1.54, 1.807) is 14.0 Å². The molecule has 0 bridgehead atoms. The van der Waals surface area contributed by atoms with E-state index in [1.807, 2.05) is 24.3 Å². The van der Waals surface area contributed by atoms with Gasteiger partial charge in [-0.15, -0.1) is 0 Å². The van der Waals surface area contributed by atoms with Crippen molar-refractivity contribution in [1.82, 2.24) is 5.32 Å². The molecule has 9 heteroatoms. The molecule has 1 N–H and O–H groups in total. The van der Waals surface area contributed by atoms with Crippen molar-refractivity contribution in [3.8, 4) is 5.75 Å². The van der Waals surface area contributed by atoms with Crippen LogP contribution in [0, 0.1) is 27.9 Å². The molecular weight excluding hydrogens is 380 g/mol. The van der Waals surface area contributed by atoms with Crippen LogP contribution in [0.25, 0.3) is 0 Å². The van der Waals surface area contributed by atoms with Crippen LogP contribution in [-0.2, 0) is 25.5 Å². The van der Waals surface area contributed by atoms with Gasteiger partial charge >= 0.3 is 5.97 Å². The number of carbonyl (C=O) groups is 3. The Kier molecular flexibility index (Phi) is 8.11. The van der Waals surface area contributed by atoms with Crippen LogP contribution >= 0.6 is 0 Å². The normalized spacial score (nSPS) is 20.9. The molecule has 2 rings (SSSR count). The second-order valence-electron chi connectivity index (χ2n) is 7.25. The van der Waals surface area contributed by atoms with E-state index in [-0.39, 0.29) is 31.1 Å². The van der Waals surface area contributed by atoms with Crippen LogP contribution in [0.3, 0.4) is 0 Å². The van der Waals surface area contributed by atoms with Gasteiger partial charge in [-0.25, -0.2) is 0 Å². The zero-order chi connectivity index (χ0) is 21.4. The predicted octanol–water partition coefficient (Wildman–Crippen LogP) is 1.41. The molecule has 0 radical (unpaired) electrons. The molecule has 1 aliphatic rings. The summed E-state index contributed by atoms with van der Waals surface area (Å²) < 4.78 is 10.0. The quantitative estimate of drug-likeness (QED) is 0.354. The van der Waals surface area contributed by atoms with Crippen LogP contribution in [0.2, 0.25) is 0 Å². The Bertz CT molecular complexity index is 748. The summed E-state index contributed by atoms with van der Waals surface area (Å²) in [7, 11) is 1.59. The molecule has 0 saturated heterocycles. The second-order valence-corrected chi connectivity index (χ2v) is 7.25. The highest BCUT2D eigenvalue weighted by atomic mass is 16.6. The third-order valence-corrected chi connectivity index (χ3v) is 5.19. The predicted molar refractivity (Wildman–Crippen MR) is 103 cm³/mol. The van der Waals surface area contributed by atoms with Gasteiger partial charge in [-0.3, -0.25) is 24.5 Å². The minimum atomic E-state index is -0.721. The van der Waals surface area contributed by atoms with Gasteiger partial charge in [-0.05, 0) is 30.0 Å². The number of Topliss-reactive ketones (excluding diaryl/α,β-unsaturated/α-hetero) is 1. The van der Waals surface area contributed by atoms with E-state index in [1.165, 1.54) is 0 Å². The Morgan fingerprint density at radius 3 is 2.59 bits per heavy atom. The first-order chi connectivity index (χ1) is 13.8. The molecule has 0 unspecified atom stereocenters. The van der Waals surface area contributed by atoms with Crippen molar-refractivity contribution in [1.29, 1.82) is 0 Å². The zero-order valence-electron chi connectivity index (χ0n) is 16.6. The number of methoxy groups -OCH3 is 1. The van der Waals surface area contributed by atoms with Gasteiger partial charge in [0.15, 0.2) is 6.61 Å². The molecule has 0 aromatic heterocycles. The molecule has 1 aliphatic carbocycles. The number of esters is 1. The zero-order valence-corrected chi connectivity index (χ0v) is 16.6. The summed E-state index contributed by atoms with van der Waals surface area (Å²) in [6, 6.07) is 7.45. The molecule has 158 valence electrons. The summed E-state index contributed by atoms with van der Waals surface area (Å²) in [5.41, 5.74) is 1.02. The number of nitrogens with one attached hydrogen (secondary N) is 1. The number of nitrogens with zero attached hydrogens (tertiary/aromatic N) is 1. The van der Waals surface area contributed by atoms with Gasteiger partial charge in [-0.1, -0.05) is 19.1 Å². The second kappa shape index (κ2) is 10.5. The van der Waals surface area contributed by atoms with Crippen molar-refractivity contribution in [3.63, 3.8) is 0 Å². The maximum atomic E-state index is 12.0. The lowest BCUT2D eigenvalue weighted by Gasteiger charge is -2.17. The number of nitro groups is 1. The lowest BCUT2D eigenvalue weighted by Crippen LogP contribution is -2.32. The fourth-order valence-electron chi connectivity index (χ4n) is 3.57. The third-order valence-electron chi connectivity index (χ3n) is 5.19. The fourth-order valence-corrected chi connectivity index (χ4v) is 3.57. The number of hydrogen-bond donors (Lipinski definition) is 1. The van der Waals surface area contributed by atoms with E-state index in [0.29, 0.717) is 13.0 Å². The van der Waals surface area contributed by atoms with E-state index >= 15 is 0 Å². The van der Waals surface area contributed by atoms with Crippen molar-refractivity contribution in [2.24, 2.45) is 17.8 Å². The number of ether oxygens (including phenoxy) is 2. The molecule has 1 saturated carbocycles. The maximum absolute atomic E-state index is 12.0. The Balaban J connectivity index is 1.71. The van der Waals surface area contributed by atoms with Gasteiger partial charge in [-0.2, -0.15) is 0 Å². The SMILES string of the molecule is COc1ccc(CCNC(=O)COC(=O)C[C@H]2C(=O)C[C@H](C)[C@H]2C[N+](=O)[O-])cc1. The molecule has 1 aromatic carbocycles. The Hall–Kier alpha value is -2.97. The van der Waals surface area contributed by atoms with Crippen LogP contribution in [0.15, 0.2) is 24.3 Å². The lowest BCUT2D eigenvalue weighted by molar-refractivity contribution is -0.490. The summed E-state index contributed by atoms with van der Waals surface area (Å²) in [5.74, 6) is -1.90. The van der Waals surface area contributed by atoms with Gasteiger partial charge in [0.25, 0.3) is 5.91 Å². The van der Waals surface area contributed by atoms with Crippen LogP contribution in [-0.4, -0.2) is 49.4 Å². The first kappa shape index (κ1) is 22.3. The Labute approximate surface area is 168 Å². The molecule has 3 atom stereocenters. The average Bonchev–Trinajstić information content (AvgIpc) is 2.93. The number of hydrogen-bond acceptors (Lipinski definition) is 7. The van der Waals surface area contributed by atoms with Crippen LogP contribution in [0.1, 0.15) is 25.3 Å². The number of carbonyl (C=O) groups excluding carboxylic acids is 3. The van der Waals surface area contributed by atoms with Gasteiger partial charge in [0.05, 0.1) is 13.5 Å². The van der Waals surface area contributed by atoms with Crippen molar-refractivity contribution >= 4 is 17.7 Å². The first-order valence-electron chi connectivity index (χ1n) is 9.50. The first-order valence-corrected chi connectivity index (χ1v) is 9.50. The van der Waals surface area contributed by atoms with E-state index in [9.17, 15) is 24.5 Å². The minimum absolute atomic E-state index is 0.146. The van der Waals surface area contributed by atoms with Gasteiger partial charge in [0, 0.05) is 29.7 Å². The maximum Gasteiger partial charge on any atom is 0.307 e. The topological polar surface area (TPSA) is 125 Å². The smallest absolute Gasteiger partial charge is 0.307 e. The number of rotatable bonds is 10. The van der Waals surface area contributed by atoms with E-state index in [0.717, 1.165) is 11.3 Å². The van der Waals surface area contributed by atoms with Crippen molar-refractivity contribution in [2.45, 2.75) is 26.2 Å². The van der Waals surface area contributed by atoms with E-state index < -0.39 is 35.2 Å². The van der Waals surface area contributed by atoms with Crippen LogP contribution in [0.5, 0.6) is 5.75 Å². The Morgan fingerprint density at radius 1 is 1.28 bits per heavy atom. The molecule has 1 fully saturated rings. The molecule has 9 nitrogen and oxygen atoms in total. The molecular formula is C20H26N2O7. The number of amides is 1. The number of ketones is 1. The largest absolute Gasteiger partial charge is 0.497 e. The molecule has 0 aliphatic heterocycles. The summed E-state index contributed by atoms with van der Waals surface area (Å²) in [5, 5.41) is 13.5. The summed E-state index contributed by atoms with van der Waals surface area (Å²) in [6.07, 6.45) is 0.601. The van der Waals surface area contributed by atoms with Gasteiger partial charge < -0.3 is 14.8 Å². The summed E-state index contributed by atoms with van der Waals surface area (Å²) in [4.78, 5) is 46.2. The summed E-state index contributed by atoms with van der Waals surface area (Å²) in [6.45, 7) is 1.36. The van der Waals surface area contributed by atoms with E-state index in [4.69, 9.17) is 9.47 Å². The van der Waals surface area contributed by atoms with Crippen molar-refractivity contribution in [3.05, 3.63) is 39.9 Å². The highest BCUT2D eigenvalue weighted by Crippen LogP contribution is 2.36. The van der Waals surface area contributed by atoms with Gasteiger partial charge in [0.1, 0.15) is 11.5 Å². The fraction of sp³-hybridized carbons (Fsp3) is 0.550. The van der Waals surface area contributed by atoms with Crippen LogP contribution in [0.4, 0.5) is 0 Å². The average molecular weight is 406 g/mol. The standard InChI is InChI=1S/C20H26N2O7/c1-13-9-18(23)16(17(13)11-22(26)27)10-20(25)29-12-19(24)21-8-7-14-3-5-15(28-2)6-4-14/h3-6,13,16-17H,7-12H2,1-2H3,(H,21,24)/t13-,16+,17+/m0/s1. The van der Waals surface area contributed by atoms with Gasteiger partial charge in [0.2, 0.25) is 6.54 Å². The summed E-state index contributed by atoms with van der Waals surface area (Å²) >= 11 is 0. The minimum Gasteiger partial charge on any atom is -0.497 e. The molecule has 1 aromatic rings. The highest BCUT2D eigenvalue weighted by Gasteiger charge is 2.44. The third kappa shape index (κ3) is 6.85. The van der Waals surface area contributed by atoms with E-state index in [2.05, 4.69) is 5.32 Å². The lowest BCUT2D eigenvalue weighted by atomic mass is 9.88.